The number of rotatable bonds is 5. The lowest BCUT2D eigenvalue weighted by molar-refractivity contribution is -0.135. The molecule has 7 nitrogen and oxygen atoms in total. The van der Waals surface area contributed by atoms with Gasteiger partial charge in [-0.15, -0.1) is 15.3 Å². The maximum atomic E-state index is 13.4. The number of amides is 1. The fourth-order valence-corrected chi connectivity index (χ4v) is 6.59. The van der Waals surface area contributed by atoms with Gasteiger partial charge in [-0.1, -0.05) is 82.4 Å². The second-order valence-corrected chi connectivity index (χ2v) is 12.0. The molecular formula is C22H33N5O2S2. The molecule has 0 unspecified atom stereocenters. The number of hydrogen-bond acceptors (Lipinski definition) is 7. The van der Waals surface area contributed by atoms with Crippen LogP contribution in [0, 0.1) is 0 Å². The van der Waals surface area contributed by atoms with Crippen molar-refractivity contribution in [1.82, 2.24) is 24.7 Å². The second kappa shape index (κ2) is 9.57. The van der Waals surface area contributed by atoms with Crippen molar-refractivity contribution >= 4 is 34.0 Å². The van der Waals surface area contributed by atoms with Crippen molar-refractivity contribution in [2.24, 2.45) is 0 Å². The minimum atomic E-state index is -0.390. The Bertz CT molecular complexity index is 950. The highest BCUT2D eigenvalue weighted by Gasteiger charge is 2.32. The molecule has 0 saturated heterocycles. The minimum Gasteiger partial charge on any atom is -0.336 e. The maximum Gasteiger partial charge on any atom is 0.297 e. The molecule has 2 fully saturated rings. The Morgan fingerprint density at radius 3 is 2.16 bits per heavy atom. The van der Waals surface area contributed by atoms with Gasteiger partial charge in [0.25, 0.3) is 5.56 Å². The molecule has 31 heavy (non-hydrogen) atoms. The third kappa shape index (κ3) is 5.13. The zero-order chi connectivity index (χ0) is 22.0. The van der Waals surface area contributed by atoms with Gasteiger partial charge in [-0.2, -0.15) is 4.52 Å². The predicted molar refractivity (Wildman–Crippen MR) is 125 cm³/mol. The van der Waals surface area contributed by atoms with Crippen LogP contribution in [0.2, 0.25) is 0 Å². The van der Waals surface area contributed by atoms with Gasteiger partial charge in [-0.3, -0.25) is 9.59 Å². The quantitative estimate of drug-likeness (QED) is 0.610. The summed E-state index contributed by atoms with van der Waals surface area (Å²) in [5.74, 6) is 0.582. The molecule has 2 aliphatic carbocycles. The van der Waals surface area contributed by atoms with E-state index in [1.54, 1.807) is 0 Å². The zero-order valence-electron chi connectivity index (χ0n) is 18.8. The first-order chi connectivity index (χ1) is 14.8. The lowest BCUT2D eigenvalue weighted by atomic mass is 9.88. The molecular weight excluding hydrogens is 430 g/mol. The van der Waals surface area contributed by atoms with Gasteiger partial charge in [0.2, 0.25) is 10.9 Å². The molecule has 2 aromatic heterocycles. The van der Waals surface area contributed by atoms with Crippen LogP contribution in [0.1, 0.15) is 90.7 Å². The van der Waals surface area contributed by atoms with Gasteiger partial charge < -0.3 is 4.90 Å². The van der Waals surface area contributed by atoms with E-state index in [2.05, 4.69) is 20.2 Å². The summed E-state index contributed by atoms with van der Waals surface area (Å²) in [5, 5.41) is 12.8. The van der Waals surface area contributed by atoms with Crippen LogP contribution in [0.25, 0.3) is 4.96 Å². The summed E-state index contributed by atoms with van der Waals surface area (Å²) in [5.41, 5.74) is -0.208. The lowest BCUT2D eigenvalue weighted by Crippen LogP contribution is -2.49. The van der Waals surface area contributed by atoms with Crippen molar-refractivity contribution in [2.75, 3.05) is 5.75 Å². The molecule has 0 aromatic carbocycles. The molecule has 2 aromatic rings. The van der Waals surface area contributed by atoms with Gasteiger partial charge in [0.05, 0.1) is 5.75 Å². The van der Waals surface area contributed by atoms with Crippen LogP contribution in [-0.2, 0) is 10.2 Å². The normalized spacial score (nSPS) is 19.1. The molecule has 1 amide bonds. The standard InChI is InChI=1S/C22H33N5O2S2/c1-22(2,3)18-19(29)27-20(24-23-18)31-21(25-27)30-14-17(28)26(15-10-6-4-7-11-15)16-12-8-5-9-13-16/h15-16H,4-14H2,1-3H3. The van der Waals surface area contributed by atoms with Gasteiger partial charge >= 0.3 is 0 Å². The highest BCUT2D eigenvalue weighted by molar-refractivity contribution is 8.01. The average Bonchev–Trinajstić information content (AvgIpc) is 3.18. The van der Waals surface area contributed by atoms with Crippen molar-refractivity contribution < 1.29 is 4.79 Å². The minimum absolute atomic E-state index is 0.219. The molecule has 0 aliphatic heterocycles. The number of nitrogens with zero attached hydrogens (tertiary/aromatic N) is 5. The molecule has 9 heteroatoms. The summed E-state index contributed by atoms with van der Waals surface area (Å²) in [6, 6.07) is 0.784. The monoisotopic (exact) mass is 463 g/mol. The third-order valence-corrected chi connectivity index (χ3v) is 8.44. The summed E-state index contributed by atoms with van der Waals surface area (Å²) in [4.78, 5) is 28.9. The van der Waals surface area contributed by atoms with Crippen molar-refractivity contribution in [3.63, 3.8) is 0 Å². The molecule has 0 bridgehead atoms. The van der Waals surface area contributed by atoms with E-state index in [4.69, 9.17) is 0 Å². The number of carbonyl (C=O) groups is 1. The Labute approximate surface area is 192 Å². The van der Waals surface area contributed by atoms with Crippen LogP contribution in [-0.4, -0.2) is 48.5 Å². The largest absolute Gasteiger partial charge is 0.336 e. The molecule has 0 radical (unpaired) electrons. The Balaban J connectivity index is 1.49. The van der Waals surface area contributed by atoms with Crippen LogP contribution >= 0.6 is 23.1 Å². The van der Waals surface area contributed by atoms with Gasteiger partial charge in [-0.25, -0.2) is 0 Å². The fraction of sp³-hybridized carbons (Fsp3) is 0.773. The summed E-state index contributed by atoms with van der Waals surface area (Å²) in [7, 11) is 0. The van der Waals surface area contributed by atoms with Crippen LogP contribution in [0.15, 0.2) is 9.13 Å². The van der Waals surface area contributed by atoms with E-state index in [1.165, 1.54) is 66.1 Å². The van der Waals surface area contributed by atoms with Gasteiger partial charge in [0, 0.05) is 17.5 Å². The third-order valence-electron chi connectivity index (χ3n) is 6.43. The van der Waals surface area contributed by atoms with E-state index < -0.39 is 5.41 Å². The fourth-order valence-electron chi connectivity index (χ4n) is 4.85. The van der Waals surface area contributed by atoms with Crippen LogP contribution in [0.3, 0.4) is 0 Å². The molecule has 2 saturated carbocycles. The summed E-state index contributed by atoms with van der Waals surface area (Å²) in [6.45, 7) is 5.82. The van der Waals surface area contributed by atoms with E-state index >= 15 is 0 Å². The van der Waals surface area contributed by atoms with E-state index in [9.17, 15) is 9.59 Å². The average molecular weight is 464 g/mol. The number of fused-ring (bicyclic) bond motifs is 1. The zero-order valence-corrected chi connectivity index (χ0v) is 20.4. The molecule has 0 N–H and O–H groups in total. The first-order valence-corrected chi connectivity index (χ1v) is 13.4. The molecule has 170 valence electrons. The van der Waals surface area contributed by atoms with Crippen molar-refractivity contribution in [1.29, 1.82) is 0 Å². The van der Waals surface area contributed by atoms with E-state index in [-0.39, 0.29) is 11.5 Å². The van der Waals surface area contributed by atoms with Crippen molar-refractivity contribution in [3.8, 4) is 0 Å². The summed E-state index contributed by atoms with van der Waals surface area (Å²) < 4.78 is 2.03. The molecule has 0 atom stereocenters. The van der Waals surface area contributed by atoms with E-state index in [1.807, 2.05) is 20.8 Å². The Morgan fingerprint density at radius 1 is 1.03 bits per heavy atom. The van der Waals surface area contributed by atoms with Gasteiger partial charge in [0.15, 0.2) is 4.34 Å². The SMILES string of the molecule is CC(C)(C)c1nnc2sc(SCC(=O)N(C3CCCCC3)C3CCCCC3)nn2c1=O. The Hall–Kier alpha value is -1.48. The molecule has 2 aliphatic rings. The Morgan fingerprint density at radius 2 is 1.61 bits per heavy atom. The number of carbonyl (C=O) groups excluding carboxylic acids is 1. The lowest BCUT2D eigenvalue weighted by Gasteiger charge is -2.41. The number of hydrogen-bond donors (Lipinski definition) is 0. The summed E-state index contributed by atoms with van der Waals surface area (Å²) in [6.07, 6.45) is 12.0. The highest BCUT2D eigenvalue weighted by atomic mass is 32.2. The predicted octanol–water partition coefficient (Wildman–Crippen LogP) is 4.43. The summed E-state index contributed by atoms with van der Waals surface area (Å²) >= 11 is 2.75. The smallest absolute Gasteiger partial charge is 0.297 e. The number of aromatic nitrogens is 4. The first kappa shape index (κ1) is 22.7. The number of thioether (sulfide) groups is 1. The van der Waals surface area contributed by atoms with E-state index in [0.717, 1.165) is 25.7 Å². The first-order valence-electron chi connectivity index (χ1n) is 11.6. The Kier molecular flexibility index (Phi) is 7.01. The van der Waals surface area contributed by atoms with Crippen LogP contribution in [0.4, 0.5) is 0 Å². The van der Waals surface area contributed by atoms with Crippen molar-refractivity contribution in [3.05, 3.63) is 16.0 Å². The maximum absolute atomic E-state index is 13.4. The second-order valence-electron chi connectivity index (χ2n) is 9.84. The molecule has 0 spiro atoms. The van der Waals surface area contributed by atoms with Gasteiger partial charge in [-0.05, 0) is 25.7 Å². The van der Waals surface area contributed by atoms with Crippen molar-refractivity contribution in [2.45, 2.75) is 107 Å². The van der Waals surface area contributed by atoms with E-state index in [0.29, 0.717) is 32.8 Å². The van der Waals surface area contributed by atoms with Crippen LogP contribution < -0.4 is 5.56 Å². The van der Waals surface area contributed by atoms with Gasteiger partial charge in [0.1, 0.15) is 5.69 Å². The highest BCUT2D eigenvalue weighted by Crippen LogP contribution is 2.32. The molecule has 2 heterocycles. The topological polar surface area (TPSA) is 80.5 Å². The van der Waals surface area contributed by atoms with Crippen LogP contribution in [0.5, 0.6) is 0 Å². The molecule has 4 rings (SSSR count).